The Morgan fingerprint density at radius 3 is 2.41 bits per heavy atom. The monoisotopic (exact) mass is 465 g/mol. The van der Waals surface area contributed by atoms with Gasteiger partial charge in [0.05, 0.1) is 16.6 Å². The number of amides is 2. The van der Waals surface area contributed by atoms with Gasteiger partial charge in [-0.05, 0) is 25.0 Å². The molecule has 2 fully saturated rings. The minimum atomic E-state index is -2.73. The number of para-hydroxylation sites is 1. The number of likely N-dealkylation sites (tertiary alicyclic amines) is 1. The number of alkyl halides is 2. The van der Waals surface area contributed by atoms with Crippen molar-refractivity contribution < 1.29 is 22.8 Å². The number of nitrogens with zero attached hydrogens (tertiary/aromatic N) is 3. The summed E-state index contributed by atoms with van der Waals surface area (Å²) in [5.74, 6) is -3.63. The maximum Gasteiger partial charge on any atom is 0.255 e. The van der Waals surface area contributed by atoms with Crippen molar-refractivity contribution in [3.8, 4) is 11.1 Å². The summed E-state index contributed by atoms with van der Waals surface area (Å²) in [4.78, 5) is 33.0. The molecule has 2 aliphatic heterocycles. The second kappa shape index (κ2) is 7.04. The third-order valence-corrected chi connectivity index (χ3v) is 7.54. The predicted octanol–water partition coefficient (Wildman–Crippen LogP) is 4.99. The minimum Gasteiger partial charge on any atom is -0.338 e. The van der Waals surface area contributed by atoms with E-state index in [1.54, 1.807) is 48.3 Å². The van der Waals surface area contributed by atoms with E-state index in [-0.39, 0.29) is 37.7 Å². The second-order valence-electron chi connectivity index (χ2n) is 9.49. The number of pyridine rings is 1. The van der Waals surface area contributed by atoms with E-state index in [0.717, 1.165) is 12.8 Å². The number of carbonyl (C=O) groups is 2. The van der Waals surface area contributed by atoms with Crippen molar-refractivity contribution in [1.82, 2.24) is 14.8 Å². The number of benzene rings is 2. The van der Waals surface area contributed by atoms with Crippen LogP contribution in [0.15, 0.2) is 42.6 Å². The quantitative estimate of drug-likeness (QED) is 0.536. The van der Waals surface area contributed by atoms with Crippen LogP contribution < -0.4 is 0 Å². The molecule has 34 heavy (non-hydrogen) atoms. The Kier molecular flexibility index (Phi) is 4.38. The van der Waals surface area contributed by atoms with Crippen molar-refractivity contribution in [1.29, 1.82) is 0 Å². The normalized spacial score (nSPS) is 20.2. The zero-order chi connectivity index (χ0) is 23.8. The molecule has 3 heterocycles. The fraction of sp³-hybridized carbons (Fsp3) is 0.346. The number of rotatable bonds is 2. The van der Waals surface area contributed by atoms with Crippen LogP contribution in [-0.4, -0.2) is 52.7 Å². The lowest BCUT2D eigenvalue weighted by atomic mass is 9.93. The lowest BCUT2D eigenvalue weighted by Crippen LogP contribution is -2.42. The molecule has 174 valence electrons. The van der Waals surface area contributed by atoms with Crippen molar-refractivity contribution in [2.24, 2.45) is 0 Å². The lowest BCUT2D eigenvalue weighted by Gasteiger charge is -2.31. The van der Waals surface area contributed by atoms with Crippen molar-refractivity contribution >= 4 is 22.7 Å². The molecule has 6 rings (SSSR count). The number of piperidine rings is 1. The van der Waals surface area contributed by atoms with Gasteiger partial charge in [0.15, 0.2) is 0 Å². The summed E-state index contributed by atoms with van der Waals surface area (Å²) >= 11 is 0. The zero-order valence-corrected chi connectivity index (χ0v) is 18.6. The summed E-state index contributed by atoms with van der Waals surface area (Å²) in [6.07, 6.45) is 2.21. The van der Waals surface area contributed by atoms with Crippen LogP contribution in [0.25, 0.3) is 22.0 Å². The summed E-state index contributed by atoms with van der Waals surface area (Å²) in [5.41, 5.74) is 2.11. The van der Waals surface area contributed by atoms with Gasteiger partial charge < -0.3 is 9.80 Å². The molecule has 1 saturated heterocycles. The van der Waals surface area contributed by atoms with Crippen molar-refractivity contribution in [3.05, 3.63) is 65.1 Å². The minimum absolute atomic E-state index is 0.000830. The Morgan fingerprint density at radius 2 is 1.71 bits per heavy atom. The van der Waals surface area contributed by atoms with Crippen molar-refractivity contribution in [2.45, 2.75) is 37.1 Å². The van der Waals surface area contributed by atoms with Gasteiger partial charge in [-0.3, -0.25) is 14.6 Å². The molecular formula is C26H22F3N3O2. The van der Waals surface area contributed by atoms with Gasteiger partial charge in [-0.15, -0.1) is 0 Å². The Hall–Kier alpha value is -3.42. The van der Waals surface area contributed by atoms with Crippen LogP contribution in [0.2, 0.25) is 0 Å². The highest BCUT2D eigenvalue weighted by Gasteiger charge is 2.58. The second-order valence-corrected chi connectivity index (χ2v) is 9.49. The molecule has 1 spiro atoms. The number of hydrogen-bond donors (Lipinski definition) is 0. The molecule has 3 aromatic rings. The first-order valence-corrected chi connectivity index (χ1v) is 11.4. The van der Waals surface area contributed by atoms with Crippen LogP contribution in [0.4, 0.5) is 13.2 Å². The van der Waals surface area contributed by atoms with Gasteiger partial charge in [0, 0.05) is 66.8 Å². The Morgan fingerprint density at radius 1 is 1.00 bits per heavy atom. The lowest BCUT2D eigenvalue weighted by molar-refractivity contribution is -0.0494. The first-order chi connectivity index (χ1) is 16.2. The Balaban J connectivity index is 1.39. The number of carbonyl (C=O) groups excluding carboxylic acids is 2. The molecule has 5 nitrogen and oxygen atoms in total. The molecule has 2 amide bonds. The van der Waals surface area contributed by atoms with E-state index in [1.807, 2.05) is 0 Å². The first kappa shape index (κ1) is 21.1. The molecule has 0 bridgehead atoms. The summed E-state index contributed by atoms with van der Waals surface area (Å²) in [7, 11) is 1.72. The summed E-state index contributed by atoms with van der Waals surface area (Å²) in [6, 6.07) is 10.3. The molecule has 0 atom stereocenters. The van der Waals surface area contributed by atoms with E-state index in [1.165, 1.54) is 11.1 Å². The van der Waals surface area contributed by atoms with Gasteiger partial charge >= 0.3 is 0 Å². The van der Waals surface area contributed by atoms with Crippen LogP contribution in [-0.2, 0) is 5.54 Å². The highest BCUT2D eigenvalue weighted by Crippen LogP contribution is 2.57. The maximum atomic E-state index is 15.9. The topological polar surface area (TPSA) is 53.5 Å². The highest BCUT2D eigenvalue weighted by atomic mass is 19.3. The predicted molar refractivity (Wildman–Crippen MR) is 120 cm³/mol. The SMILES string of the molecule is CN1C(=O)c2ccc(-c3cccc4cc(C(=O)N5CCC(F)(F)CC5)cnc34)c(F)c2C12CC2. The van der Waals surface area contributed by atoms with E-state index in [2.05, 4.69) is 4.98 Å². The average molecular weight is 465 g/mol. The molecular weight excluding hydrogens is 443 g/mol. The first-order valence-electron chi connectivity index (χ1n) is 11.4. The van der Waals surface area contributed by atoms with Crippen LogP contribution >= 0.6 is 0 Å². The smallest absolute Gasteiger partial charge is 0.255 e. The van der Waals surface area contributed by atoms with Gasteiger partial charge in [0.1, 0.15) is 5.82 Å². The van der Waals surface area contributed by atoms with Crippen LogP contribution in [0, 0.1) is 5.82 Å². The highest BCUT2D eigenvalue weighted by molar-refractivity contribution is 6.03. The zero-order valence-electron chi connectivity index (χ0n) is 18.6. The van der Waals surface area contributed by atoms with E-state index >= 15 is 4.39 Å². The van der Waals surface area contributed by atoms with Gasteiger partial charge in [-0.25, -0.2) is 13.2 Å². The van der Waals surface area contributed by atoms with Gasteiger partial charge in [0.2, 0.25) is 0 Å². The van der Waals surface area contributed by atoms with Crippen LogP contribution in [0.1, 0.15) is 52.0 Å². The van der Waals surface area contributed by atoms with Gasteiger partial charge in [-0.2, -0.15) is 0 Å². The summed E-state index contributed by atoms with van der Waals surface area (Å²) in [6.45, 7) is -0.00166. The van der Waals surface area contributed by atoms with E-state index in [0.29, 0.717) is 38.7 Å². The molecule has 3 aliphatic rings. The van der Waals surface area contributed by atoms with E-state index in [4.69, 9.17) is 0 Å². The average Bonchev–Trinajstić information content (AvgIpc) is 3.60. The summed E-state index contributed by atoms with van der Waals surface area (Å²) < 4.78 is 42.8. The number of halogens is 3. The van der Waals surface area contributed by atoms with Crippen molar-refractivity contribution in [3.63, 3.8) is 0 Å². The molecule has 0 unspecified atom stereocenters. The third kappa shape index (κ3) is 2.97. The molecule has 1 aromatic heterocycles. The number of hydrogen-bond acceptors (Lipinski definition) is 3. The molecule has 1 saturated carbocycles. The van der Waals surface area contributed by atoms with Crippen LogP contribution in [0.5, 0.6) is 0 Å². The summed E-state index contributed by atoms with van der Waals surface area (Å²) in [5, 5.41) is 0.653. The number of aromatic nitrogens is 1. The Labute approximate surface area is 194 Å². The molecule has 1 aliphatic carbocycles. The van der Waals surface area contributed by atoms with E-state index in [9.17, 15) is 18.4 Å². The van der Waals surface area contributed by atoms with Gasteiger partial charge in [0.25, 0.3) is 17.7 Å². The largest absolute Gasteiger partial charge is 0.338 e. The fourth-order valence-electron chi connectivity index (χ4n) is 5.38. The Bertz CT molecular complexity index is 1370. The molecule has 2 aromatic carbocycles. The van der Waals surface area contributed by atoms with Crippen molar-refractivity contribution in [2.75, 3.05) is 20.1 Å². The molecule has 0 radical (unpaired) electrons. The molecule has 8 heteroatoms. The third-order valence-electron chi connectivity index (χ3n) is 7.54. The van der Waals surface area contributed by atoms with E-state index < -0.39 is 17.3 Å². The van der Waals surface area contributed by atoms with Crippen LogP contribution in [0.3, 0.4) is 0 Å². The van der Waals surface area contributed by atoms with Gasteiger partial charge in [-0.1, -0.05) is 24.3 Å². The molecule has 0 N–H and O–H groups in total. The number of fused-ring (bicyclic) bond motifs is 3. The fourth-order valence-corrected chi connectivity index (χ4v) is 5.38. The standard InChI is InChI=1S/C26H22F3N3O2/c1-31-24(34)19-6-5-17(21(27)20(19)25(31)7-8-25)18-4-2-3-15-13-16(14-30-22(15)18)23(33)32-11-9-26(28,29)10-12-32/h2-6,13-14H,7-12H2,1H3. The maximum absolute atomic E-state index is 15.9.